The molecule has 3 rings (SSSR count). The second-order valence-electron chi connectivity index (χ2n) is 9.49. The number of hydrogen-bond acceptors (Lipinski definition) is 3. The van der Waals surface area contributed by atoms with E-state index in [1.54, 1.807) is 18.2 Å². The smallest absolute Gasteiger partial charge is 0.261 e. The molecule has 1 unspecified atom stereocenters. The minimum atomic E-state index is -0.839. The highest BCUT2D eigenvalue weighted by molar-refractivity contribution is 5.88. The molecule has 1 N–H and O–H groups in total. The van der Waals surface area contributed by atoms with Crippen molar-refractivity contribution in [2.45, 2.75) is 58.7 Å². The molecule has 3 aromatic rings. The molecular weight excluding hydrogens is 455 g/mol. The average molecular weight is 491 g/mol. The molecule has 5 nitrogen and oxygen atoms in total. The van der Waals surface area contributed by atoms with Crippen molar-refractivity contribution in [2.24, 2.45) is 0 Å². The largest absolute Gasteiger partial charge is 0.484 e. The van der Waals surface area contributed by atoms with Gasteiger partial charge in [0, 0.05) is 24.6 Å². The Morgan fingerprint density at radius 3 is 2.14 bits per heavy atom. The highest BCUT2D eigenvalue weighted by Gasteiger charge is 2.31. The SMILES string of the molecule is CC(C)NC(=O)C(Cc1ccccc1)N(Cc1ccccc1F)C(=O)COc1ccc(C(C)C)cc1. The molecule has 0 saturated carbocycles. The van der Waals surface area contributed by atoms with Crippen molar-refractivity contribution in [3.8, 4) is 5.75 Å². The molecule has 6 heteroatoms. The van der Waals surface area contributed by atoms with Gasteiger partial charge in [-0.2, -0.15) is 0 Å². The zero-order valence-electron chi connectivity index (χ0n) is 21.4. The number of nitrogens with zero attached hydrogens (tertiary/aromatic N) is 1. The van der Waals surface area contributed by atoms with Crippen molar-refractivity contribution in [1.82, 2.24) is 10.2 Å². The average Bonchev–Trinajstić information content (AvgIpc) is 2.86. The van der Waals surface area contributed by atoms with Crippen LogP contribution in [0.15, 0.2) is 78.9 Å². The van der Waals surface area contributed by atoms with E-state index in [1.807, 2.05) is 68.4 Å². The van der Waals surface area contributed by atoms with E-state index in [1.165, 1.54) is 16.5 Å². The summed E-state index contributed by atoms with van der Waals surface area (Å²) < 4.78 is 20.4. The Morgan fingerprint density at radius 2 is 1.53 bits per heavy atom. The molecule has 1 atom stereocenters. The predicted octanol–water partition coefficient (Wildman–Crippen LogP) is 5.49. The van der Waals surface area contributed by atoms with Gasteiger partial charge < -0.3 is 15.0 Å². The van der Waals surface area contributed by atoms with Crippen LogP contribution in [0.3, 0.4) is 0 Å². The molecule has 0 heterocycles. The molecule has 0 fully saturated rings. The van der Waals surface area contributed by atoms with Gasteiger partial charge in [-0.15, -0.1) is 0 Å². The maximum absolute atomic E-state index is 14.6. The summed E-state index contributed by atoms with van der Waals surface area (Å²) in [6.07, 6.45) is 0.294. The molecule has 0 bridgehead atoms. The number of halogens is 1. The third-order valence-electron chi connectivity index (χ3n) is 5.91. The van der Waals surface area contributed by atoms with Gasteiger partial charge in [-0.3, -0.25) is 9.59 Å². The molecule has 0 aliphatic rings. The van der Waals surface area contributed by atoms with Crippen molar-refractivity contribution in [2.75, 3.05) is 6.61 Å². The first-order valence-corrected chi connectivity index (χ1v) is 12.3. The van der Waals surface area contributed by atoms with Crippen molar-refractivity contribution in [1.29, 1.82) is 0 Å². The monoisotopic (exact) mass is 490 g/mol. The van der Waals surface area contributed by atoms with Crippen molar-refractivity contribution >= 4 is 11.8 Å². The third kappa shape index (κ3) is 7.67. The maximum atomic E-state index is 14.6. The van der Waals surface area contributed by atoms with Crippen molar-refractivity contribution in [3.63, 3.8) is 0 Å². The molecule has 190 valence electrons. The second kappa shape index (κ2) is 12.9. The Balaban J connectivity index is 1.89. The van der Waals surface area contributed by atoms with Crippen molar-refractivity contribution in [3.05, 3.63) is 101 Å². The lowest BCUT2D eigenvalue weighted by molar-refractivity contribution is -0.143. The first kappa shape index (κ1) is 26.9. The van der Waals surface area contributed by atoms with E-state index in [9.17, 15) is 14.0 Å². The normalized spacial score (nSPS) is 11.9. The maximum Gasteiger partial charge on any atom is 0.261 e. The predicted molar refractivity (Wildman–Crippen MR) is 140 cm³/mol. The van der Waals surface area contributed by atoms with Gasteiger partial charge in [0.05, 0.1) is 0 Å². The molecule has 3 aromatic carbocycles. The molecule has 0 spiro atoms. The van der Waals surface area contributed by atoms with Crippen LogP contribution in [0.25, 0.3) is 0 Å². The molecule has 2 amide bonds. The molecule has 0 aliphatic carbocycles. The van der Waals surface area contributed by atoms with Gasteiger partial charge >= 0.3 is 0 Å². The molecule has 36 heavy (non-hydrogen) atoms. The molecule has 0 radical (unpaired) electrons. The molecule has 0 aliphatic heterocycles. The minimum Gasteiger partial charge on any atom is -0.484 e. The van der Waals surface area contributed by atoms with Gasteiger partial charge in [-0.25, -0.2) is 4.39 Å². The summed E-state index contributed by atoms with van der Waals surface area (Å²) in [5, 5.41) is 2.92. The van der Waals surface area contributed by atoms with E-state index in [0.717, 1.165) is 5.56 Å². The Hall–Kier alpha value is -3.67. The number of benzene rings is 3. The lowest BCUT2D eigenvalue weighted by Gasteiger charge is -2.32. The third-order valence-corrected chi connectivity index (χ3v) is 5.91. The molecular formula is C30H35FN2O3. The zero-order valence-corrected chi connectivity index (χ0v) is 21.4. The van der Waals surface area contributed by atoms with Gasteiger partial charge in [0.2, 0.25) is 5.91 Å². The van der Waals surface area contributed by atoms with E-state index in [2.05, 4.69) is 19.2 Å². The Morgan fingerprint density at radius 1 is 0.889 bits per heavy atom. The summed E-state index contributed by atoms with van der Waals surface area (Å²) in [5.41, 5.74) is 2.41. The van der Waals surface area contributed by atoms with Crippen LogP contribution in [0, 0.1) is 5.82 Å². The first-order valence-electron chi connectivity index (χ1n) is 12.3. The second-order valence-corrected chi connectivity index (χ2v) is 9.49. The highest BCUT2D eigenvalue weighted by Crippen LogP contribution is 2.20. The number of nitrogens with one attached hydrogen (secondary N) is 1. The van der Waals surface area contributed by atoms with Crippen LogP contribution < -0.4 is 10.1 Å². The van der Waals surface area contributed by atoms with Crippen LogP contribution in [0.5, 0.6) is 5.75 Å². The summed E-state index contributed by atoms with van der Waals surface area (Å²) in [7, 11) is 0. The van der Waals surface area contributed by atoms with E-state index < -0.39 is 17.8 Å². The lowest BCUT2D eigenvalue weighted by Crippen LogP contribution is -2.53. The minimum absolute atomic E-state index is 0.0514. The van der Waals surface area contributed by atoms with Crippen LogP contribution in [0.1, 0.15) is 50.3 Å². The van der Waals surface area contributed by atoms with Gasteiger partial charge in [0.25, 0.3) is 5.91 Å². The number of carbonyl (C=O) groups excluding carboxylic acids is 2. The Bertz CT molecular complexity index is 1130. The highest BCUT2D eigenvalue weighted by atomic mass is 19.1. The van der Waals surface area contributed by atoms with E-state index in [0.29, 0.717) is 23.7 Å². The molecule has 0 aromatic heterocycles. The summed E-state index contributed by atoms with van der Waals surface area (Å²) >= 11 is 0. The van der Waals surface area contributed by atoms with E-state index >= 15 is 0 Å². The van der Waals surface area contributed by atoms with Gasteiger partial charge in [0.15, 0.2) is 6.61 Å². The topological polar surface area (TPSA) is 58.6 Å². The summed E-state index contributed by atoms with van der Waals surface area (Å²) in [6, 6.07) is 22.4. The standard InChI is InChI=1S/C30H35FN2O3/c1-21(2)24-14-16-26(17-15-24)36-20-29(34)33(19-25-12-8-9-13-27(25)31)28(30(35)32-22(3)4)18-23-10-6-5-7-11-23/h5-17,21-22,28H,18-20H2,1-4H3,(H,32,35). The summed E-state index contributed by atoms with van der Waals surface area (Å²) in [5.74, 6) is -0.172. The summed E-state index contributed by atoms with van der Waals surface area (Å²) in [4.78, 5) is 28.3. The quantitative estimate of drug-likeness (QED) is 0.387. The fourth-order valence-electron chi connectivity index (χ4n) is 3.92. The van der Waals surface area contributed by atoms with Crippen LogP contribution in [0.2, 0.25) is 0 Å². The molecule has 0 saturated heterocycles. The number of carbonyl (C=O) groups is 2. The Labute approximate surface area is 213 Å². The van der Waals surface area contributed by atoms with Gasteiger partial charge in [-0.1, -0.05) is 74.5 Å². The van der Waals surface area contributed by atoms with Crippen LogP contribution in [-0.4, -0.2) is 35.4 Å². The number of rotatable bonds is 11. The van der Waals surface area contributed by atoms with Gasteiger partial charge in [0.1, 0.15) is 17.6 Å². The fourth-order valence-corrected chi connectivity index (χ4v) is 3.92. The van der Waals surface area contributed by atoms with Crippen molar-refractivity contribution < 1.29 is 18.7 Å². The van der Waals surface area contributed by atoms with Crippen LogP contribution in [-0.2, 0) is 22.6 Å². The number of amides is 2. The number of ether oxygens (including phenoxy) is 1. The van der Waals surface area contributed by atoms with E-state index in [-0.39, 0.29) is 25.1 Å². The van der Waals surface area contributed by atoms with E-state index in [4.69, 9.17) is 4.74 Å². The lowest BCUT2D eigenvalue weighted by atomic mass is 10.0. The first-order chi connectivity index (χ1) is 17.2. The number of hydrogen-bond donors (Lipinski definition) is 1. The van der Waals surface area contributed by atoms with Crippen LogP contribution in [0.4, 0.5) is 4.39 Å². The zero-order chi connectivity index (χ0) is 26.1. The van der Waals surface area contributed by atoms with Crippen LogP contribution >= 0.6 is 0 Å². The van der Waals surface area contributed by atoms with Gasteiger partial charge in [-0.05, 0) is 49.1 Å². The summed E-state index contributed by atoms with van der Waals surface area (Å²) in [6.45, 7) is 7.62. The fraction of sp³-hybridized carbons (Fsp3) is 0.333. The Kier molecular flexibility index (Phi) is 9.62.